The number of carbonyl (C=O) groups excluding carboxylic acids is 1. The number of methoxy groups -OCH3 is 1. The van der Waals surface area contributed by atoms with Gasteiger partial charge in [0, 0.05) is 37.1 Å². The van der Waals surface area contributed by atoms with Crippen LogP contribution in [0, 0.1) is 11.3 Å². The second-order valence-corrected chi connectivity index (χ2v) is 7.24. The van der Waals surface area contributed by atoms with Crippen LogP contribution in [0.25, 0.3) is 11.3 Å². The molecule has 0 aliphatic carbocycles. The minimum atomic E-state index is -0.177. The van der Waals surface area contributed by atoms with Gasteiger partial charge in [0.15, 0.2) is 5.13 Å². The number of hydrogen-bond acceptors (Lipinski definition) is 7. The first-order chi connectivity index (χ1) is 12.6. The van der Waals surface area contributed by atoms with Crippen LogP contribution in [0.15, 0.2) is 29.6 Å². The Morgan fingerprint density at radius 1 is 1.38 bits per heavy atom. The third-order valence-electron chi connectivity index (χ3n) is 4.79. The van der Waals surface area contributed by atoms with E-state index in [1.165, 1.54) is 7.11 Å². The largest absolute Gasteiger partial charge is 0.468 e. The zero-order valence-electron chi connectivity index (χ0n) is 15.0. The van der Waals surface area contributed by atoms with E-state index in [0.29, 0.717) is 18.2 Å². The highest BCUT2D eigenvalue weighted by Gasteiger charge is 2.25. The van der Waals surface area contributed by atoms with Crippen LogP contribution >= 0.6 is 11.3 Å². The Bertz CT molecular complexity index is 789. The van der Waals surface area contributed by atoms with Crippen molar-refractivity contribution in [3.8, 4) is 17.3 Å². The Labute approximate surface area is 157 Å². The molecule has 0 atom stereocenters. The minimum absolute atomic E-state index is 0.177. The predicted molar refractivity (Wildman–Crippen MR) is 102 cm³/mol. The number of benzene rings is 1. The Morgan fingerprint density at radius 3 is 2.69 bits per heavy atom. The molecule has 2 aromatic rings. The molecule has 1 aromatic heterocycles. The molecule has 0 unspecified atom stereocenters. The lowest BCUT2D eigenvalue weighted by Crippen LogP contribution is -2.45. The molecule has 0 N–H and O–H groups in total. The maximum absolute atomic E-state index is 11.4. The summed E-state index contributed by atoms with van der Waals surface area (Å²) in [6.45, 7) is 2.14. The topological polar surface area (TPSA) is 69.5 Å². The molecule has 1 aliphatic rings. The van der Waals surface area contributed by atoms with Gasteiger partial charge in [-0.2, -0.15) is 5.26 Å². The molecule has 6 nitrogen and oxygen atoms in total. The van der Waals surface area contributed by atoms with Crippen LogP contribution in [0.2, 0.25) is 0 Å². The average Bonchev–Trinajstić information content (AvgIpc) is 3.18. The predicted octanol–water partition coefficient (Wildman–Crippen LogP) is 2.76. The van der Waals surface area contributed by atoms with Crippen molar-refractivity contribution in [3.05, 3.63) is 35.2 Å². The van der Waals surface area contributed by atoms with Crippen LogP contribution in [0.4, 0.5) is 5.13 Å². The molecule has 0 saturated carbocycles. The van der Waals surface area contributed by atoms with Gasteiger partial charge in [0.05, 0.1) is 31.0 Å². The van der Waals surface area contributed by atoms with Crippen LogP contribution in [-0.4, -0.2) is 55.7 Å². The van der Waals surface area contributed by atoms with Gasteiger partial charge < -0.3 is 9.64 Å². The molecule has 1 saturated heterocycles. The van der Waals surface area contributed by atoms with Crippen molar-refractivity contribution < 1.29 is 9.53 Å². The number of likely N-dealkylation sites (tertiary alicyclic amines) is 1. The highest BCUT2D eigenvalue weighted by atomic mass is 32.1. The summed E-state index contributed by atoms with van der Waals surface area (Å²) >= 11 is 1.63. The number of aromatic nitrogens is 1. The van der Waals surface area contributed by atoms with Crippen molar-refractivity contribution in [3.63, 3.8) is 0 Å². The Balaban J connectivity index is 1.61. The second kappa shape index (κ2) is 8.30. The summed E-state index contributed by atoms with van der Waals surface area (Å²) in [6.07, 6.45) is 2.00. The van der Waals surface area contributed by atoms with Crippen LogP contribution in [-0.2, 0) is 9.53 Å². The maximum atomic E-state index is 11.4. The summed E-state index contributed by atoms with van der Waals surface area (Å²) in [5.74, 6) is -0.177. The van der Waals surface area contributed by atoms with Crippen LogP contribution in [0.3, 0.4) is 0 Å². The third-order valence-corrected chi connectivity index (χ3v) is 5.72. The molecule has 1 fully saturated rings. The summed E-state index contributed by atoms with van der Waals surface area (Å²) < 4.78 is 4.74. The summed E-state index contributed by atoms with van der Waals surface area (Å²) in [7, 11) is 3.51. The van der Waals surface area contributed by atoms with Gasteiger partial charge in [0.1, 0.15) is 0 Å². The molecule has 7 heteroatoms. The van der Waals surface area contributed by atoms with Crippen LogP contribution in [0.5, 0.6) is 0 Å². The molecule has 0 amide bonds. The van der Waals surface area contributed by atoms with E-state index < -0.39 is 0 Å². The number of rotatable bonds is 5. The highest BCUT2D eigenvalue weighted by Crippen LogP contribution is 2.30. The lowest BCUT2D eigenvalue weighted by molar-refractivity contribution is -0.142. The molecular formula is C19H22N4O2S. The first kappa shape index (κ1) is 18.4. The Kier molecular flexibility index (Phi) is 5.86. The van der Waals surface area contributed by atoms with Crippen molar-refractivity contribution in [2.75, 3.05) is 38.7 Å². The fourth-order valence-corrected chi connectivity index (χ4v) is 4.01. The number of ether oxygens (including phenoxy) is 1. The molecule has 3 rings (SSSR count). The number of hydrogen-bond donors (Lipinski definition) is 0. The smallest absolute Gasteiger partial charge is 0.319 e. The fraction of sp³-hybridized carbons (Fsp3) is 0.421. The molecule has 1 aliphatic heterocycles. The van der Waals surface area contributed by atoms with E-state index in [0.717, 1.165) is 42.3 Å². The van der Waals surface area contributed by atoms with Crippen LogP contribution < -0.4 is 4.90 Å². The second-order valence-electron chi connectivity index (χ2n) is 6.40. The van der Waals surface area contributed by atoms with Crippen molar-refractivity contribution in [2.45, 2.75) is 18.9 Å². The number of carbonyl (C=O) groups is 1. The normalized spacial score (nSPS) is 15.4. The molecule has 2 heterocycles. The first-order valence-corrected chi connectivity index (χ1v) is 9.46. The Hall–Kier alpha value is -2.43. The summed E-state index contributed by atoms with van der Waals surface area (Å²) in [4.78, 5) is 20.5. The fourth-order valence-electron chi connectivity index (χ4n) is 3.14. The van der Waals surface area contributed by atoms with Crippen molar-refractivity contribution in [2.24, 2.45) is 0 Å². The lowest BCUT2D eigenvalue weighted by atomic mass is 10.0. The van der Waals surface area contributed by atoms with Gasteiger partial charge in [-0.3, -0.25) is 9.69 Å². The van der Waals surface area contributed by atoms with E-state index >= 15 is 0 Å². The highest BCUT2D eigenvalue weighted by molar-refractivity contribution is 7.14. The SMILES string of the molecule is COC(=O)CN1CCC(N(C)c2nc(-c3ccc(C#N)cc3)cs2)CC1. The van der Waals surface area contributed by atoms with Crippen molar-refractivity contribution >= 4 is 22.4 Å². The van der Waals surface area contributed by atoms with Gasteiger partial charge in [-0.05, 0) is 25.0 Å². The monoisotopic (exact) mass is 370 g/mol. The number of thiazole rings is 1. The van der Waals surface area contributed by atoms with Gasteiger partial charge in [-0.1, -0.05) is 12.1 Å². The molecule has 26 heavy (non-hydrogen) atoms. The quantitative estimate of drug-likeness (QED) is 0.754. The number of anilines is 1. The van der Waals surface area contributed by atoms with Gasteiger partial charge in [-0.25, -0.2) is 4.98 Å². The molecular weight excluding hydrogens is 348 g/mol. The van der Waals surface area contributed by atoms with E-state index in [1.54, 1.807) is 11.3 Å². The average molecular weight is 370 g/mol. The molecule has 136 valence electrons. The van der Waals surface area contributed by atoms with Gasteiger partial charge >= 0.3 is 5.97 Å². The van der Waals surface area contributed by atoms with E-state index in [2.05, 4.69) is 28.3 Å². The van der Waals surface area contributed by atoms with Gasteiger partial charge in [-0.15, -0.1) is 11.3 Å². The minimum Gasteiger partial charge on any atom is -0.468 e. The number of esters is 1. The molecule has 0 radical (unpaired) electrons. The molecule has 1 aromatic carbocycles. The van der Waals surface area contributed by atoms with E-state index in [-0.39, 0.29) is 5.97 Å². The zero-order chi connectivity index (χ0) is 18.5. The van der Waals surface area contributed by atoms with E-state index in [9.17, 15) is 4.79 Å². The molecule has 0 spiro atoms. The lowest BCUT2D eigenvalue weighted by Gasteiger charge is -2.36. The van der Waals surface area contributed by atoms with Crippen molar-refractivity contribution in [1.82, 2.24) is 9.88 Å². The first-order valence-electron chi connectivity index (χ1n) is 8.58. The number of nitrogens with zero attached hydrogens (tertiary/aromatic N) is 4. The summed E-state index contributed by atoms with van der Waals surface area (Å²) in [6, 6.07) is 10.0. The zero-order valence-corrected chi connectivity index (χ0v) is 15.8. The number of piperidine rings is 1. The van der Waals surface area contributed by atoms with E-state index in [1.807, 2.05) is 24.3 Å². The van der Waals surface area contributed by atoms with Gasteiger partial charge in [0.25, 0.3) is 0 Å². The third kappa shape index (κ3) is 4.21. The van der Waals surface area contributed by atoms with E-state index in [4.69, 9.17) is 15.0 Å². The van der Waals surface area contributed by atoms with Crippen LogP contribution in [0.1, 0.15) is 18.4 Å². The summed E-state index contributed by atoms with van der Waals surface area (Å²) in [5.41, 5.74) is 2.61. The summed E-state index contributed by atoms with van der Waals surface area (Å²) in [5, 5.41) is 12.0. The number of nitriles is 1. The standard InChI is InChI=1S/C19H22N4O2S/c1-22(16-7-9-23(10-8-16)12-18(24)25-2)19-21-17(13-26-19)15-5-3-14(11-20)4-6-15/h3-6,13,16H,7-10,12H2,1-2H3. The maximum Gasteiger partial charge on any atom is 0.319 e. The van der Waals surface area contributed by atoms with Gasteiger partial charge in [0.2, 0.25) is 0 Å². The van der Waals surface area contributed by atoms with Crippen molar-refractivity contribution in [1.29, 1.82) is 5.26 Å². The Morgan fingerprint density at radius 2 is 2.08 bits per heavy atom. The molecule has 0 bridgehead atoms.